The van der Waals surface area contributed by atoms with E-state index in [1.165, 1.54) is 36.4 Å². The Labute approximate surface area is 204 Å². The predicted molar refractivity (Wildman–Crippen MR) is 132 cm³/mol. The number of hydrogen-bond acceptors (Lipinski definition) is 3. The van der Waals surface area contributed by atoms with Crippen LogP contribution in [0.1, 0.15) is 17.2 Å². The number of benzene rings is 4. The van der Waals surface area contributed by atoms with Crippen LogP contribution in [0.2, 0.25) is 10.0 Å². The van der Waals surface area contributed by atoms with Gasteiger partial charge in [0.25, 0.3) is 11.7 Å². The van der Waals surface area contributed by atoms with E-state index in [4.69, 9.17) is 23.2 Å². The molecule has 4 nitrogen and oxygen atoms in total. The number of rotatable bonds is 3. The number of nitrogens with zero attached hydrogens (tertiary/aromatic N) is 1. The third-order valence-electron chi connectivity index (χ3n) is 5.79. The molecule has 4 aromatic rings. The van der Waals surface area contributed by atoms with Crippen molar-refractivity contribution in [2.45, 2.75) is 6.04 Å². The van der Waals surface area contributed by atoms with Crippen LogP contribution in [0, 0.1) is 5.82 Å². The zero-order valence-corrected chi connectivity index (χ0v) is 19.0. The summed E-state index contributed by atoms with van der Waals surface area (Å²) in [4.78, 5) is 27.6. The summed E-state index contributed by atoms with van der Waals surface area (Å²) in [5, 5.41) is 13.5. The first-order chi connectivity index (χ1) is 16.3. The Morgan fingerprint density at radius 1 is 0.824 bits per heavy atom. The van der Waals surface area contributed by atoms with Gasteiger partial charge in [0.1, 0.15) is 11.6 Å². The number of aliphatic hydroxyl groups excluding tert-OH is 1. The second kappa shape index (κ2) is 8.60. The summed E-state index contributed by atoms with van der Waals surface area (Å²) >= 11 is 12.3. The molecule has 0 bridgehead atoms. The zero-order valence-electron chi connectivity index (χ0n) is 17.5. The minimum atomic E-state index is -1.22. The molecule has 0 saturated carbocycles. The number of amides is 1. The van der Waals surface area contributed by atoms with E-state index >= 15 is 0 Å². The van der Waals surface area contributed by atoms with Crippen molar-refractivity contribution in [2.75, 3.05) is 4.90 Å². The molecule has 1 aliphatic heterocycles. The molecule has 1 aliphatic rings. The van der Waals surface area contributed by atoms with Crippen LogP contribution < -0.4 is 4.90 Å². The number of fused-ring (bicyclic) bond motifs is 1. The summed E-state index contributed by atoms with van der Waals surface area (Å²) < 4.78 is 15.0. The van der Waals surface area contributed by atoms with Gasteiger partial charge in [-0.1, -0.05) is 77.8 Å². The monoisotopic (exact) mass is 491 g/mol. The molecular formula is C27H16Cl2FNO3. The standard InChI is InChI=1S/C27H16Cl2FNO3/c28-18-12-19(29)14-20(13-18)31-24(21-7-3-4-8-22(21)30)23(26(33)27(31)34)25(32)17-10-9-15-5-1-2-6-16(15)11-17/h1-14,24,32H/b25-23+. The fourth-order valence-corrected chi connectivity index (χ4v) is 4.77. The van der Waals surface area contributed by atoms with Crippen LogP contribution in [-0.4, -0.2) is 16.8 Å². The van der Waals surface area contributed by atoms with Gasteiger partial charge in [0, 0.05) is 26.9 Å². The van der Waals surface area contributed by atoms with Gasteiger partial charge in [0.2, 0.25) is 0 Å². The lowest BCUT2D eigenvalue weighted by molar-refractivity contribution is -0.132. The highest BCUT2D eigenvalue weighted by Gasteiger charge is 2.48. The fourth-order valence-electron chi connectivity index (χ4n) is 4.26. The van der Waals surface area contributed by atoms with E-state index in [1.807, 2.05) is 24.3 Å². The molecule has 168 valence electrons. The Hall–Kier alpha value is -3.67. The lowest BCUT2D eigenvalue weighted by atomic mass is 9.94. The van der Waals surface area contributed by atoms with Crippen LogP contribution in [0.25, 0.3) is 16.5 Å². The van der Waals surface area contributed by atoms with Crippen molar-refractivity contribution in [3.05, 3.63) is 117 Å². The first-order valence-electron chi connectivity index (χ1n) is 10.4. The van der Waals surface area contributed by atoms with Crippen LogP contribution in [0.4, 0.5) is 10.1 Å². The van der Waals surface area contributed by atoms with Crippen molar-refractivity contribution < 1.29 is 19.1 Å². The molecule has 0 aromatic heterocycles. The molecular weight excluding hydrogens is 476 g/mol. The largest absolute Gasteiger partial charge is 0.507 e. The Morgan fingerprint density at radius 2 is 1.47 bits per heavy atom. The van der Waals surface area contributed by atoms with Crippen molar-refractivity contribution in [3.8, 4) is 0 Å². The molecule has 1 fully saturated rings. The molecule has 0 spiro atoms. The third kappa shape index (κ3) is 3.73. The van der Waals surface area contributed by atoms with E-state index in [0.717, 1.165) is 15.7 Å². The van der Waals surface area contributed by atoms with Gasteiger partial charge in [-0.3, -0.25) is 14.5 Å². The smallest absolute Gasteiger partial charge is 0.300 e. The average Bonchev–Trinajstić information content (AvgIpc) is 3.08. The Bertz CT molecular complexity index is 1490. The Morgan fingerprint density at radius 3 is 2.18 bits per heavy atom. The van der Waals surface area contributed by atoms with Crippen molar-refractivity contribution in [1.29, 1.82) is 0 Å². The zero-order chi connectivity index (χ0) is 24.0. The van der Waals surface area contributed by atoms with Crippen molar-refractivity contribution in [2.24, 2.45) is 0 Å². The quantitative estimate of drug-likeness (QED) is 0.192. The molecule has 1 amide bonds. The highest BCUT2D eigenvalue weighted by molar-refractivity contribution is 6.52. The molecule has 1 heterocycles. The summed E-state index contributed by atoms with van der Waals surface area (Å²) in [5.74, 6) is -2.88. The molecule has 1 N–H and O–H groups in total. The second-order valence-electron chi connectivity index (χ2n) is 7.88. The summed E-state index contributed by atoms with van der Waals surface area (Å²) in [6, 6.07) is 21.7. The maximum absolute atomic E-state index is 15.0. The number of aliphatic hydroxyl groups is 1. The lowest BCUT2D eigenvalue weighted by Crippen LogP contribution is -2.29. The van der Waals surface area contributed by atoms with Crippen LogP contribution in [0.5, 0.6) is 0 Å². The van der Waals surface area contributed by atoms with Gasteiger partial charge in [-0.15, -0.1) is 0 Å². The van der Waals surface area contributed by atoms with Crippen molar-refractivity contribution in [3.63, 3.8) is 0 Å². The molecule has 34 heavy (non-hydrogen) atoms. The van der Waals surface area contributed by atoms with Gasteiger partial charge in [-0.2, -0.15) is 0 Å². The third-order valence-corrected chi connectivity index (χ3v) is 6.23. The molecule has 0 radical (unpaired) electrons. The molecule has 1 unspecified atom stereocenters. The first-order valence-corrected chi connectivity index (χ1v) is 11.1. The van der Waals surface area contributed by atoms with E-state index in [9.17, 15) is 19.1 Å². The SMILES string of the molecule is O=C1C(=O)N(c2cc(Cl)cc(Cl)c2)C(c2ccccc2F)/C1=C(\O)c1ccc2ccccc2c1. The number of Topliss-reactive ketones (excluding diaryl/α,β-unsaturated/α-hetero) is 1. The first kappa shape index (κ1) is 22.1. The topological polar surface area (TPSA) is 57.6 Å². The molecule has 0 aliphatic carbocycles. The van der Waals surface area contributed by atoms with Crippen LogP contribution >= 0.6 is 23.2 Å². The maximum Gasteiger partial charge on any atom is 0.300 e. The minimum Gasteiger partial charge on any atom is -0.507 e. The highest BCUT2D eigenvalue weighted by Crippen LogP contribution is 2.44. The van der Waals surface area contributed by atoms with Crippen molar-refractivity contribution >= 4 is 57.1 Å². The minimum absolute atomic E-state index is 0.0557. The molecule has 4 aromatic carbocycles. The summed E-state index contributed by atoms with van der Waals surface area (Å²) in [6.07, 6.45) is 0. The Kier molecular flexibility index (Phi) is 5.60. The van der Waals surface area contributed by atoms with Gasteiger partial charge >= 0.3 is 0 Å². The second-order valence-corrected chi connectivity index (χ2v) is 8.75. The number of halogens is 3. The van der Waals surface area contributed by atoms with Crippen LogP contribution in [-0.2, 0) is 9.59 Å². The van der Waals surface area contributed by atoms with Crippen LogP contribution in [0.15, 0.2) is 90.5 Å². The van der Waals surface area contributed by atoms with E-state index in [0.29, 0.717) is 5.56 Å². The summed E-state index contributed by atoms with van der Waals surface area (Å²) in [6.45, 7) is 0. The molecule has 5 rings (SSSR count). The Balaban J connectivity index is 1.76. The van der Waals surface area contributed by atoms with E-state index in [2.05, 4.69) is 0 Å². The van der Waals surface area contributed by atoms with E-state index < -0.39 is 29.3 Å². The number of anilines is 1. The van der Waals surface area contributed by atoms with E-state index in [1.54, 1.807) is 24.3 Å². The average molecular weight is 492 g/mol. The predicted octanol–water partition coefficient (Wildman–Crippen LogP) is 6.91. The molecule has 1 saturated heterocycles. The van der Waals surface area contributed by atoms with Gasteiger partial charge in [-0.05, 0) is 41.1 Å². The van der Waals surface area contributed by atoms with Crippen molar-refractivity contribution in [1.82, 2.24) is 0 Å². The number of hydrogen-bond donors (Lipinski definition) is 1. The highest BCUT2D eigenvalue weighted by atomic mass is 35.5. The maximum atomic E-state index is 15.0. The number of ketones is 1. The molecule has 1 atom stereocenters. The summed E-state index contributed by atoms with van der Waals surface area (Å²) in [5.41, 5.74) is 0.384. The summed E-state index contributed by atoms with van der Waals surface area (Å²) in [7, 11) is 0. The van der Waals surface area contributed by atoms with Gasteiger partial charge < -0.3 is 5.11 Å². The van der Waals surface area contributed by atoms with Gasteiger partial charge in [0.15, 0.2) is 0 Å². The van der Waals surface area contributed by atoms with E-state index in [-0.39, 0.29) is 26.9 Å². The fraction of sp³-hybridized carbons (Fsp3) is 0.0370. The number of carbonyl (C=O) groups excluding carboxylic acids is 2. The lowest BCUT2D eigenvalue weighted by Gasteiger charge is -2.26. The van der Waals surface area contributed by atoms with Gasteiger partial charge in [0.05, 0.1) is 11.6 Å². The normalized spacial score (nSPS) is 17.5. The van der Waals surface area contributed by atoms with Crippen LogP contribution in [0.3, 0.4) is 0 Å². The van der Waals surface area contributed by atoms with Gasteiger partial charge in [-0.25, -0.2) is 4.39 Å². The molecule has 7 heteroatoms. The number of carbonyl (C=O) groups is 2.